The number of nitrogens with zero attached hydrogens (tertiary/aromatic N) is 1. The third-order valence-corrected chi connectivity index (χ3v) is 5.14. The Morgan fingerprint density at radius 2 is 2.19 bits per heavy atom. The van der Waals surface area contributed by atoms with Crippen LogP contribution in [0.25, 0.3) is 0 Å². The summed E-state index contributed by atoms with van der Waals surface area (Å²) in [5, 5.41) is 8.75. The molecule has 1 atom stereocenters. The number of sulfonamides is 1. The number of aromatic carboxylic acids is 1. The van der Waals surface area contributed by atoms with E-state index in [1.54, 1.807) is 6.92 Å². The Morgan fingerprint density at radius 1 is 1.52 bits per heavy atom. The molecular weight excluding hydrogens is 325 g/mol. The average molecular weight is 338 g/mol. The first kappa shape index (κ1) is 16.2. The van der Waals surface area contributed by atoms with Gasteiger partial charge >= 0.3 is 5.97 Å². The van der Waals surface area contributed by atoms with Gasteiger partial charge < -0.3 is 9.84 Å². The van der Waals surface area contributed by atoms with E-state index in [4.69, 9.17) is 21.4 Å². The Kier molecular flexibility index (Phi) is 4.52. The number of carboxylic acids is 1. The predicted octanol–water partition coefficient (Wildman–Crippen LogP) is 1.59. The molecule has 1 aliphatic rings. The van der Waals surface area contributed by atoms with Gasteiger partial charge in [-0.05, 0) is 19.1 Å². The van der Waals surface area contributed by atoms with E-state index in [1.165, 1.54) is 0 Å². The summed E-state index contributed by atoms with van der Waals surface area (Å²) in [4.78, 5) is 10.2. The molecule has 0 spiro atoms. The van der Waals surface area contributed by atoms with Crippen LogP contribution in [0.5, 0.6) is 0 Å². The molecule has 21 heavy (non-hydrogen) atoms. The first-order valence-electron chi connectivity index (χ1n) is 6.07. The highest BCUT2D eigenvalue weighted by Crippen LogP contribution is 2.27. The molecule has 0 aliphatic carbocycles. The van der Waals surface area contributed by atoms with Crippen LogP contribution in [-0.2, 0) is 14.8 Å². The van der Waals surface area contributed by atoms with E-state index in [0.29, 0.717) is 0 Å². The van der Waals surface area contributed by atoms with Crippen molar-refractivity contribution in [3.63, 3.8) is 0 Å². The lowest BCUT2D eigenvalue weighted by atomic mass is 10.2. The van der Waals surface area contributed by atoms with Crippen molar-refractivity contribution >= 4 is 27.6 Å². The van der Waals surface area contributed by atoms with E-state index in [2.05, 4.69) is 0 Å². The molecule has 1 saturated heterocycles. The van der Waals surface area contributed by atoms with Gasteiger partial charge in [-0.15, -0.1) is 0 Å². The fourth-order valence-electron chi connectivity index (χ4n) is 2.05. The van der Waals surface area contributed by atoms with Crippen LogP contribution in [-0.4, -0.2) is 49.6 Å². The molecule has 1 aliphatic heterocycles. The number of hydrogen-bond acceptors (Lipinski definition) is 4. The van der Waals surface area contributed by atoms with E-state index < -0.39 is 32.3 Å². The van der Waals surface area contributed by atoms with Gasteiger partial charge in [-0.1, -0.05) is 11.6 Å². The third-order valence-electron chi connectivity index (χ3n) is 3.06. The van der Waals surface area contributed by atoms with Crippen molar-refractivity contribution in [2.45, 2.75) is 17.9 Å². The molecule has 0 aromatic heterocycles. The zero-order valence-electron chi connectivity index (χ0n) is 11.0. The molecule has 0 amide bonds. The van der Waals surface area contributed by atoms with Crippen LogP contribution in [0.4, 0.5) is 4.39 Å². The average Bonchev–Trinajstić information content (AvgIpc) is 2.40. The topological polar surface area (TPSA) is 83.9 Å². The number of halogens is 2. The van der Waals surface area contributed by atoms with Crippen LogP contribution in [0.15, 0.2) is 17.0 Å². The zero-order chi connectivity index (χ0) is 15.8. The highest BCUT2D eigenvalue weighted by atomic mass is 35.5. The molecular formula is C12H13ClFNO5S. The van der Waals surface area contributed by atoms with Crippen molar-refractivity contribution in [3.8, 4) is 0 Å². The standard InChI is InChI=1S/C12H13ClFNO5S/c1-7-6-15(2-3-20-7)21(18,19)10-5-8(13)4-9(11(10)14)12(16)17/h4-5,7H,2-3,6H2,1H3,(H,16,17). The minimum Gasteiger partial charge on any atom is -0.478 e. The smallest absolute Gasteiger partial charge is 0.338 e. The molecule has 1 aromatic carbocycles. The zero-order valence-corrected chi connectivity index (χ0v) is 12.6. The molecule has 0 saturated carbocycles. The van der Waals surface area contributed by atoms with Crippen molar-refractivity contribution in [1.82, 2.24) is 4.31 Å². The monoisotopic (exact) mass is 337 g/mol. The number of morpholine rings is 1. The van der Waals surface area contributed by atoms with Gasteiger partial charge in [0.2, 0.25) is 10.0 Å². The van der Waals surface area contributed by atoms with Gasteiger partial charge in [0.05, 0.1) is 18.3 Å². The minimum atomic E-state index is -4.17. The number of ether oxygens (including phenoxy) is 1. The Bertz CT molecular complexity index is 678. The van der Waals surface area contributed by atoms with Crippen LogP contribution < -0.4 is 0 Å². The van der Waals surface area contributed by atoms with Crippen molar-refractivity contribution in [1.29, 1.82) is 0 Å². The number of hydrogen-bond donors (Lipinski definition) is 1. The molecule has 1 N–H and O–H groups in total. The number of carboxylic acid groups (broad SMARTS) is 1. The summed E-state index contributed by atoms with van der Waals surface area (Å²) in [6.45, 7) is 2.02. The molecule has 0 radical (unpaired) electrons. The van der Waals surface area contributed by atoms with Gasteiger partial charge in [0.1, 0.15) is 4.90 Å². The molecule has 0 bridgehead atoms. The summed E-state index contributed by atoms with van der Waals surface area (Å²) in [5.74, 6) is -2.90. The third kappa shape index (κ3) is 3.18. The van der Waals surface area contributed by atoms with Crippen molar-refractivity contribution in [2.24, 2.45) is 0 Å². The SMILES string of the molecule is CC1CN(S(=O)(=O)c2cc(Cl)cc(C(=O)O)c2F)CCO1. The lowest BCUT2D eigenvalue weighted by Gasteiger charge is -2.30. The van der Waals surface area contributed by atoms with E-state index in [9.17, 15) is 17.6 Å². The molecule has 9 heteroatoms. The van der Waals surface area contributed by atoms with E-state index in [1.807, 2.05) is 0 Å². The van der Waals surface area contributed by atoms with E-state index >= 15 is 0 Å². The first-order chi connectivity index (χ1) is 9.73. The Balaban J connectivity index is 2.52. The largest absolute Gasteiger partial charge is 0.478 e. The summed E-state index contributed by atoms with van der Waals surface area (Å²) < 4.78 is 45.4. The second-order valence-electron chi connectivity index (χ2n) is 4.62. The maximum Gasteiger partial charge on any atom is 0.338 e. The summed E-state index contributed by atoms with van der Waals surface area (Å²) in [7, 11) is -4.17. The quantitative estimate of drug-likeness (QED) is 0.905. The maximum absolute atomic E-state index is 14.2. The summed E-state index contributed by atoms with van der Waals surface area (Å²) >= 11 is 5.70. The minimum absolute atomic E-state index is 0.0662. The summed E-state index contributed by atoms with van der Waals surface area (Å²) in [6.07, 6.45) is -0.324. The second-order valence-corrected chi connectivity index (χ2v) is 6.96. The van der Waals surface area contributed by atoms with Gasteiger partial charge in [-0.3, -0.25) is 0 Å². The molecule has 1 heterocycles. The van der Waals surface area contributed by atoms with Crippen molar-refractivity contribution in [3.05, 3.63) is 28.5 Å². The summed E-state index contributed by atoms with van der Waals surface area (Å²) in [6, 6.07) is 1.79. The molecule has 6 nitrogen and oxygen atoms in total. The fraction of sp³-hybridized carbons (Fsp3) is 0.417. The van der Waals surface area contributed by atoms with Crippen LogP contribution in [0.3, 0.4) is 0 Å². The van der Waals surface area contributed by atoms with Gasteiger partial charge in [0.15, 0.2) is 5.82 Å². The lowest BCUT2D eigenvalue weighted by molar-refractivity contribution is 0.0101. The molecule has 116 valence electrons. The fourth-order valence-corrected chi connectivity index (χ4v) is 3.95. The Hall–Kier alpha value is -1.22. The Morgan fingerprint density at radius 3 is 2.76 bits per heavy atom. The molecule has 1 fully saturated rings. The highest BCUT2D eigenvalue weighted by molar-refractivity contribution is 7.89. The van der Waals surface area contributed by atoms with Crippen LogP contribution in [0.2, 0.25) is 5.02 Å². The van der Waals surface area contributed by atoms with Crippen molar-refractivity contribution < 1.29 is 27.4 Å². The van der Waals surface area contributed by atoms with Crippen LogP contribution in [0, 0.1) is 5.82 Å². The van der Waals surface area contributed by atoms with Crippen LogP contribution >= 0.6 is 11.6 Å². The van der Waals surface area contributed by atoms with Gasteiger partial charge in [-0.2, -0.15) is 4.31 Å². The Labute approximate surface area is 126 Å². The normalized spacial score (nSPS) is 20.4. The van der Waals surface area contributed by atoms with E-state index in [-0.39, 0.29) is 30.8 Å². The van der Waals surface area contributed by atoms with Gasteiger partial charge in [0.25, 0.3) is 0 Å². The molecule has 1 aromatic rings. The first-order valence-corrected chi connectivity index (χ1v) is 7.89. The molecule has 1 unspecified atom stereocenters. The highest BCUT2D eigenvalue weighted by Gasteiger charge is 2.33. The maximum atomic E-state index is 14.2. The number of benzene rings is 1. The van der Waals surface area contributed by atoms with Gasteiger partial charge in [0, 0.05) is 18.1 Å². The number of rotatable bonds is 3. The lowest BCUT2D eigenvalue weighted by Crippen LogP contribution is -2.44. The van der Waals surface area contributed by atoms with E-state index in [0.717, 1.165) is 16.4 Å². The predicted molar refractivity (Wildman–Crippen MR) is 72.5 cm³/mol. The van der Waals surface area contributed by atoms with Crippen molar-refractivity contribution in [2.75, 3.05) is 19.7 Å². The van der Waals surface area contributed by atoms with Crippen LogP contribution in [0.1, 0.15) is 17.3 Å². The number of carbonyl (C=O) groups is 1. The summed E-state index contributed by atoms with van der Waals surface area (Å²) in [5.41, 5.74) is -0.776. The molecule has 2 rings (SSSR count). The van der Waals surface area contributed by atoms with Gasteiger partial charge in [-0.25, -0.2) is 17.6 Å². The second kappa shape index (κ2) is 5.88.